The third-order valence-electron chi connectivity index (χ3n) is 4.42. The molecule has 1 aromatic carbocycles. The molecule has 1 saturated heterocycles. The van der Waals surface area contributed by atoms with Gasteiger partial charge >= 0.3 is 0 Å². The minimum Gasteiger partial charge on any atom is -0.395 e. The Bertz CT molecular complexity index is 491. The van der Waals surface area contributed by atoms with Gasteiger partial charge in [-0.05, 0) is 37.0 Å². The molecule has 1 heterocycles. The number of benzene rings is 1. The van der Waals surface area contributed by atoms with Crippen LogP contribution in [0.1, 0.15) is 31.7 Å². The van der Waals surface area contributed by atoms with Crippen molar-refractivity contribution in [2.45, 2.75) is 44.9 Å². The Morgan fingerprint density at radius 2 is 2.25 bits per heavy atom. The van der Waals surface area contributed by atoms with Gasteiger partial charge in [0.25, 0.3) is 0 Å². The van der Waals surface area contributed by atoms with E-state index < -0.39 is 0 Å². The molecule has 0 saturated carbocycles. The van der Waals surface area contributed by atoms with Crippen molar-refractivity contribution in [3.05, 3.63) is 33.8 Å². The van der Waals surface area contributed by atoms with E-state index in [-0.39, 0.29) is 18.8 Å². The Labute approximate surface area is 154 Å². The summed E-state index contributed by atoms with van der Waals surface area (Å²) in [5, 5.41) is 11.0. The zero-order valence-electron chi connectivity index (χ0n) is 14.2. The van der Waals surface area contributed by atoms with Crippen molar-refractivity contribution in [3.8, 4) is 0 Å². The quantitative estimate of drug-likeness (QED) is 0.632. The van der Waals surface area contributed by atoms with Crippen molar-refractivity contribution in [3.63, 3.8) is 0 Å². The zero-order valence-corrected chi connectivity index (χ0v) is 15.7. The van der Waals surface area contributed by atoms with Gasteiger partial charge in [-0.25, -0.2) is 0 Å². The van der Waals surface area contributed by atoms with E-state index in [0.29, 0.717) is 29.8 Å². The fourth-order valence-electron chi connectivity index (χ4n) is 2.92. The Balaban J connectivity index is 1.88. The maximum Gasteiger partial charge on any atom is 0.0830 e. The molecular formula is C18H27Cl2NO3. The Kier molecular flexibility index (Phi) is 8.81. The maximum atomic E-state index is 9.67. The highest BCUT2D eigenvalue weighted by Gasteiger charge is 2.19. The number of hydrogen-bond donors (Lipinski definition) is 1. The summed E-state index contributed by atoms with van der Waals surface area (Å²) >= 11 is 12.3. The molecule has 4 nitrogen and oxygen atoms in total. The molecule has 0 unspecified atom stereocenters. The van der Waals surface area contributed by atoms with Gasteiger partial charge in [-0.15, -0.1) is 0 Å². The van der Waals surface area contributed by atoms with E-state index in [4.69, 9.17) is 32.7 Å². The van der Waals surface area contributed by atoms with Gasteiger partial charge in [-0.1, -0.05) is 36.2 Å². The zero-order chi connectivity index (χ0) is 17.4. The van der Waals surface area contributed by atoms with Crippen LogP contribution in [-0.4, -0.2) is 55.1 Å². The predicted octanol–water partition coefficient (Wildman–Crippen LogP) is 3.76. The normalized spacial score (nSPS) is 19.1. The van der Waals surface area contributed by atoms with Gasteiger partial charge in [0.2, 0.25) is 0 Å². The van der Waals surface area contributed by atoms with Crippen molar-refractivity contribution in [1.29, 1.82) is 0 Å². The molecule has 0 radical (unpaired) electrons. The first kappa shape index (κ1) is 20.0. The van der Waals surface area contributed by atoms with Crippen molar-refractivity contribution >= 4 is 23.2 Å². The topological polar surface area (TPSA) is 41.9 Å². The average Bonchev–Trinajstić information content (AvgIpc) is 3.08. The molecule has 6 heteroatoms. The fraction of sp³-hybridized carbons (Fsp3) is 0.667. The SMILES string of the molecule is CC[C@@H](CO)N(CCCO[C@@H]1CCOC1)Cc1ccc(Cl)cc1Cl. The second kappa shape index (κ2) is 10.6. The second-order valence-corrected chi connectivity index (χ2v) is 7.00. The van der Waals surface area contributed by atoms with Crippen LogP contribution in [0.25, 0.3) is 0 Å². The lowest BCUT2D eigenvalue weighted by molar-refractivity contribution is 0.0316. The molecular weight excluding hydrogens is 349 g/mol. The molecule has 2 atom stereocenters. The largest absolute Gasteiger partial charge is 0.395 e. The Hall–Kier alpha value is -0.360. The van der Waals surface area contributed by atoms with Crippen LogP contribution in [0, 0.1) is 0 Å². The molecule has 0 aliphatic carbocycles. The van der Waals surface area contributed by atoms with Gasteiger partial charge in [-0.3, -0.25) is 4.90 Å². The monoisotopic (exact) mass is 375 g/mol. The van der Waals surface area contributed by atoms with Gasteiger partial charge in [0.1, 0.15) is 0 Å². The minimum absolute atomic E-state index is 0.117. The lowest BCUT2D eigenvalue weighted by atomic mass is 10.1. The van der Waals surface area contributed by atoms with E-state index in [1.165, 1.54) is 0 Å². The van der Waals surface area contributed by atoms with Crippen molar-refractivity contribution in [2.24, 2.45) is 0 Å². The molecule has 1 aliphatic rings. The first-order valence-electron chi connectivity index (χ1n) is 8.62. The summed E-state index contributed by atoms with van der Waals surface area (Å²) in [6, 6.07) is 5.68. The van der Waals surface area contributed by atoms with Crippen molar-refractivity contribution < 1.29 is 14.6 Å². The standard InChI is InChI=1S/C18H27Cl2NO3/c1-2-16(12-22)21(7-3-8-24-17-6-9-23-13-17)11-14-4-5-15(19)10-18(14)20/h4-5,10,16-17,22H,2-3,6-9,11-13H2,1H3/t16-,17+/m0/s1. The van der Waals surface area contributed by atoms with Crippen LogP contribution in [0.3, 0.4) is 0 Å². The number of aliphatic hydroxyl groups is 1. The molecule has 2 rings (SSSR count). The van der Waals surface area contributed by atoms with Gasteiger partial charge in [0.15, 0.2) is 0 Å². The first-order valence-corrected chi connectivity index (χ1v) is 9.37. The molecule has 24 heavy (non-hydrogen) atoms. The second-order valence-electron chi connectivity index (χ2n) is 6.16. The number of rotatable bonds is 10. The lowest BCUT2D eigenvalue weighted by Gasteiger charge is -2.30. The molecule has 0 amide bonds. The van der Waals surface area contributed by atoms with E-state index in [1.807, 2.05) is 12.1 Å². The van der Waals surface area contributed by atoms with Gasteiger partial charge in [0.05, 0.1) is 19.3 Å². The number of halogens is 2. The summed E-state index contributed by atoms with van der Waals surface area (Å²) in [6.45, 7) is 5.99. The highest BCUT2D eigenvalue weighted by Crippen LogP contribution is 2.23. The number of ether oxygens (including phenoxy) is 2. The number of nitrogens with zero attached hydrogens (tertiary/aromatic N) is 1. The summed E-state index contributed by atoms with van der Waals surface area (Å²) in [5.74, 6) is 0. The third kappa shape index (κ3) is 6.17. The molecule has 1 fully saturated rings. The average molecular weight is 376 g/mol. The maximum absolute atomic E-state index is 9.67. The van der Waals surface area contributed by atoms with E-state index >= 15 is 0 Å². The van der Waals surface area contributed by atoms with E-state index in [0.717, 1.165) is 38.0 Å². The highest BCUT2D eigenvalue weighted by atomic mass is 35.5. The van der Waals surface area contributed by atoms with E-state index in [2.05, 4.69) is 11.8 Å². The van der Waals surface area contributed by atoms with Gasteiger partial charge < -0.3 is 14.6 Å². The van der Waals surface area contributed by atoms with Crippen LogP contribution in [0.4, 0.5) is 0 Å². The summed E-state index contributed by atoms with van der Waals surface area (Å²) in [4.78, 5) is 2.27. The van der Waals surface area contributed by atoms with Crippen molar-refractivity contribution in [2.75, 3.05) is 33.0 Å². The van der Waals surface area contributed by atoms with Gasteiger partial charge in [0, 0.05) is 42.4 Å². The van der Waals surface area contributed by atoms with Crippen LogP contribution < -0.4 is 0 Å². The molecule has 1 N–H and O–H groups in total. The van der Waals surface area contributed by atoms with E-state index in [1.54, 1.807) is 6.07 Å². The Morgan fingerprint density at radius 1 is 1.42 bits per heavy atom. The summed E-state index contributed by atoms with van der Waals surface area (Å²) in [6.07, 6.45) is 3.03. The molecule has 0 aromatic heterocycles. The van der Waals surface area contributed by atoms with E-state index in [9.17, 15) is 5.11 Å². The predicted molar refractivity (Wildman–Crippen MR) is 97.8 cm³/mol. The summed E-state index contributed by atoms with van der Waals surface area (Å²) in [5.41, 5.74) is 1.03. The molecule has 136 valence electrons. The lowest BCUT2D eigenvalue weighted by Crippen LogP contribution is -2.38. The van der Waals surface area contributed by atoms with Crippen molar-refractivity contribution in [1.82, 2.24) is 4.90 Å². The molecule has 1 aliphatic heterocycles. The smallest absolute Gasteiger partial charge is 0.0830 e. The molecule has 1 aromatic rings. The minimum atomic E-state index is 0.117. The van der Waals surface area contributed by atoms with Crippen LogP contribution in [0.15, 0.2) is 18.2 Å². The third-order valence-corrected chi connectivity index (χ3v) is 5.01. The number of aliphatic hydroxyl groups excluding tert-OH is 1. The van der Waals surface area contributed by atoms with Crippen LogP contribution >= 0.6 is 23.2 Å². The summed E-state index contributed by atoms with van der Waals surface area (Å²) < 4.78 is 11.1. The molecule has 0 bridgehead atoms. The first-order chi connectivity index (χ1) is 11.6. The summed E-state index contributed by atoms with van der Waals surface area (Å²) in [7, 11) is 0. The number of hydrogen-bond acceptors (Lipinski definition) is 4. The van der Waals surface area contributed by atoms with Crippen LogP contribution in [-0.2, 0) is 16.0 Å². The highest BCUT2D eigenvalue weighted by molar-refractivity contribution is 6.35. The van der Waals surface area contributed by atoms with Crippen LogP contribution in [0.5, 0.6) is 0 Å². The van der Waals surface area contributed by atoms with Gasteiger partial charge in [-0.2, -0.15) is 0 Å². The molecule has 0 spiro atoms. The van der Waals surface area contributed by atoms with Crippen LogP contribution in [0.2, 0.25) is 10.0 Å². The Morgan fingerprint density at radius 3 is 2.88 bits per heavy atom. The fourth-order valence-corrected chi connectivity index (χ4v) is 3.39.